The number of aromatic nitrogens is 2. The second-order valence-electron chi connectivity index (χ2n) is 5.36. The van der Waals surface area contributed by atoms with Crippen molar-refractivity contribution in [2.24, 2.45) is 0 Å². The van der Waals surface area contributed by atoms with Gasteiger partial charge in [0, 0.05) is 4.47 Å². The summed E-state index contributed by atoms with van der Waals surface area (Å²) in [6.07, 6.45) is 0. The van der Waals surface area contributed by atoms with Crippen LogP contribution in [0.4, 0.5) is 5.95 Å². The van der Waals surface area contributed by atoms with E-state index in [0.29, 0.717) is 5.95 Å². The Balaban J connectivity index is 2.26. The van der Waals surface area contributed by atoms with Gasteiger partial charge in [0.25, 0.3) is 0 Å². The molecule has 0 amide bonds. The highest BCUT2D eigenvalue weighted by Gasteiger charge is 2.27. The second kappa shape index (κ2) is 4.63. The van der Waals surface area contributed by atoms with Crippen LogP contribution in [-0.2, 0) is 5.54 Å². The largest absolute Gasteiger partial charge is 0.369 e. The van der Waals surface area contributed by atoms with Crippen LogP contribution < -0.4 is 5.73 Å². The number of nitrogens with two attached hydrogens (primary N) is 1. The Morgan fingerprint density at radius 3 is 2.50 bits per heavy atom. The lowest BCUT2D eigenvalue weighted by Gasteiger charge is -2.29. The summed E-state index contributed by atoms with van der Waals surface area (Å²) in [5.74, 6) is 0.534. The van der Waals surface area contributed by atoms with E-state index in [1.54, 1.807) is 0 Å². The molecule has 0 aliphatic heterocycles. The third kappa shape index (κ3) is 2.00. The second-order valence-corrected chi connectivity index (χ2v) is 6.28. The number of nitrogens with zero attached hydrogens (tertiary/aromatic N) is 2. The van der Waals surface area contributed by atoms with Crippen molar-refractivity contribution in [3.8, 4) is 0 Å². The lowest BCUT2D eigenvalue weighted by Crippen LogP contribution is -2.28. The van der Waals surface area contributed by atoms with Gasteiger partial charge < -0.3 is 10.3 Å². The van der Waals surface area contributed by atoms with Crippen LogP contribution in [0.5, 0.6) is 0 Å². The van der Waals surface area contributed by atoms with E-state index in [4.69, 9.17) is 5.73 Å². The molecule has 0 fully saturated rings. The van der Waals surface area contributed by atoms with Gasteiger partial charge in [-0.3, -0.25) is 0 Å². The number of benzene rings is 2. The molecule has 0 aliphatic carbocycles. The summed E-state index contributed by atoms with van der Waals surface area (Å²) in [4.78, 5) is 4.48. The van der Waals surface area contributed by atoms with Crippen molar-refractivity contribution in [2.45, 2.75) is 19.4 Å². The van der Waals surface area contributed by atoms with Gasteiger partial charge in [-0.05, 0) is 37.6 Å². The molecule has 20 heavy (non-hydrogen) atoms. The molecule has 2 aromatic carbocycles. The van der Waals surface area contributed by atoms with Gasteiger partial charge in [0.2, 0.25) is 5.95 Å². The quantitative estimate of drug-likeness (QED) is 0.767. The van der Waals surface area contributed by atoms with Gasteiger partial charge in [-0.1, -0.05) is 46.3 Å². The van der Waals surface area contributed by atoms with Crippen LogP contribution in [-0.4, -0.2) is 9.55 Å². The molecule has 0 saturated carbocycles. The first-order valence-corrected chi connectivity index (χ1v) is 7.29. The zero-order valence-corrected chi connectivity index (χ0v) is 13.1. The van der Waals surface area contributed by atoms with Crippen LogP contribution >= 0.6 is 15.9 Å². The van der Waals surface area contributed by atoms with Gasteiger partial charge in [-0.2, -0.15) is 0 Å². The fraction of sp³-hybridized carbons (Fsp3) is 0.188. The Morgan fingerprint density at radius 2 is 1.80 bits per heavy atom. The Labute approximate surface area is 126 Å². The molecule has 4 heteroatoms. The van der Waals surface area contributed by atoms with Crippen molar-refractivity contribution in [1.29, 1.82) is 0 Å². The molecule has 0 aliphatic rings. The summed E-state index contributed by atoms with van der Waals surface area (Å²) >= 11 is 3.47. The smallest absolute Gasteiger partial charge is 0.202 e. The predicted octanol–water partition coefficient (Wildman–Crippen LogP) is 4.16. The topological polar surface area (TPSA) is 43.8 Å². The Morgan fingerprint density at radius 1 is 1.10 bits per heavy atom. The fourth-order valence-corrected chi connectivity index (χ4v) is 2.98. The first-order chi connectivity index (χ1) is 9.50. The molecular formula is C16H16BrN3. The minimum Gasteiger partial charge on any atom is -0.369 e. The predicted molar refractivity (Wildman–Crippen MR) is 86.7 cm³/mol. The molecule has 0 radical (unpaired) electrons. The van der Waals surface area contributed by atoms with Gasteiger partial charge in [-0.25, -0.2) is 4.98 Å². The van der Waals surface area contributed by atoms with Crippen LogP contribution in [0.25, 0.3) is 11.0 Å². The first-order valence-electron chi connectivity index (χ1n) is 6.49. The highest BCUT2D eigenvalue weighted by molar-refractivity contribution is 9.10. The summed E-state index contributed by atoms with van der Waals surface area (Å²) < 4.78 is 3.09. The number of imidazole rings is 1. The summed E-state index contributed by atoms with van der Waals surface area (Å²) in [5, 5.41) is 0. The lowest BCUT2D eigenvalue weighted by molar-refractivity contribution is 0.455. The Hall–Kier alpha value is -1.81. The third-order valence-corrected chi connectivity index (χ3v) is 4.17. The molecule has 3 aromatic rings. The average molecular weight is 330 g/mol. The minimum atomic E-state index is -0.256. The molecule has 3 nitrogen and oxygen atoms in total. The van der Waals surface area contributed by atoms with Crippen LogP contribution in [0, 0.1) is 0 Å². The summed E-state index contributed by atoms with van der Waals surface area (Å²) in [7, 11) is 0. The molecule has 0 unspecified atom stereocenters. The monoisotopic (exact) mass is 329 g/mol. The highest BCUT2D eigenvalue weighted by Crippen LogP contribution is 2.33. The molecule has 0 atom stereocenters. The van der Waals surface area contributed by atoms with Gasteiger partial charge in [0.05, 0.1) is 16.6 Å². The molecule has 3 rings (SSSR count). The van der Waals surface area contributed by atoms with E-state index in [1.165, 1.54) is 5.56 Å². The van der Waals surface area contributed by atoms with Crippen LogP contribution in [0.3, 0.4) is 0 Å². The number of halogens is 1. The summed E-state index contributed by atoms with van der Waals surface area (Å²) in [6, 6.07) is 16.4. The van der Waals surface area contributed by atoms with Crippen molar-refractivity contribution >= 4 is 32.9 Å². The van der Waals surface area contributed by atoms with Crippen molar-refractivity contribution in [3.63, 3.8) is 0 Å². The van der Waals surface area contributed by atoms with Crippen LogP contribution in [0.1, 0.15) is 19.4 Å². The van der Waals surface area contributed by atoms with Gasteiger partial charge in [-0.15, -0.1) is 0 Å². The minimum absolute atomic E-state index is 0.256. The maximum atomic E-state index is 6.16. The number of hydrogen-bond donors (Lipinski definition) is 1. The molecule has 0 bridgehead atoms. The van der Waals surface area contributed by atoms with E-state index >= 15 is 0 Å². The van der Waals surface area contributed by atoms with Crippen LogP contribution in [0.15, 0.2) is 53.0 Å². The number of hydrogen-bond acceptors (Lipinski definition) is 2. The zero-order valence-electron chi connectivity index (χ0n) is 11.5. The van der Waals surface area contributed by atoms with Gasteiger partial charge in [0.15, 0.2) is 0 Å². The Bertz CT molecular complexity index is 760. The molecule has 1 heterocycles. The van der Waals surface area contributed by atoms with Gasteiger partial charge in [0.1, 0.15) is 0 Å². The van der Waals surface area contributed by atoms with Crippen molar-refractivity contribution in [1.82, 2.24) is 9.55 Å². The molecule has 2 N–H and O–H groups in total. The number of nitrogen functional groups attached to an aromatic ring is 1. The Kier molecular flexibility index (Phi) is 3.05. The van der Waals surface area contributed by atoms with E-state index in [0.717, 1.165) is 15.5 Å². The number of rotatable bonds is 2. The summed E-state index contributed by atoms with van der Waals surface area (Å²) in [6.45, 7) is 4.31. The lowest BCUT2D eigenvalue weighted by atomic mass is 9.93. The van der Waals surface area contributed by atoms with Crippen molar-refractivity contribution in [3.05, 3.63) is 58.6 Å². The standard InChI is InChI=1S/C16H16BrN3/c1-16(2,11-6-4-3-5-7-11)20-14-9-8-12(17)10-13(14)19-15(20)18/h3-10H,1-2H3,(H2,18,19). The molecule has 102 valence electrons. The SMILES string of the molecule is CC(C)(c1ccccc1)n1c(N)nc2cc(Br)ccc21. The van der Waals surface area contributed by atoms with Crippen molar-refractivity contribution in [2.75, 3.05) is 5.73 Å². The third-order valence-electron chi connectivity index (χ3n) is 3.68. The van der Waals surface area contributed by atoms with Crippen molar-refractivity contribution < 1.29 is 0 Å². The zero-order chi connectivity index (χ0) is 14.3. The number of fused-ring (bicyclic) bond motifs is 1. The van der Waals surface area contributed by atoms with E-state index < -0.39 is 0 Å². The molecular weight excluding hydrogens is 314 g/mol. The van der Waals surface area contributed by atoms with E-state index in [9.17, 15) is 0 Å². The van der Waals surface area contributed by atoms with E-state index in [2.05, 4.69) is 51.5 Å². The number of anilines is 1. The van der Waals surface area contributed by atoms with E-state index in [-0.39, 0.29) is 5.54 Å². The maximum absolute atomic E-state index is 6.16. The average Bonchev–Trinajstić information content (AvgIpc) is 2.75. The van der Waals surface area contributed by atoms with E-state index in [1.807, 2.05) is 36.4 Å². The highest BCUT2D eigenvalue weighted by atomic mass is 79.9. The molecule has 1 aromatic heterocycles. The maximum Gasteiger partial charge on any atom is 0.202 e. The first kappa shape index (κ1) is 13.2. The van der Waals surface area contributed by atoms with Crippen LogP contribution in [0.2, 0.25) is 0 Å². The van der Waals surface area contributed by atoms with Gasteiger partial charge >= 0.3 is 0 Å². The molecule has 0 spiro atoms. The summed E-state index contributed by atoms with van der Waals surface area (Å²) in [5.41, 5.74) is 9.05. The normalized spacial score (nSPS) is 11.9. The fourth-order valence-electron chi connectivity index (χ4n) is 2.63. The molecule has 0 saturated heterocycles.